The minimum absolute atomic E-state index is 1.32. The molecule has 1 radical (unpaired) electrons. The Labute approximate surface area is 66.2 Å². The molecule has 1 aliphatic carbocycles. The predicted octanol–water partition coefficient (Wildman–Crippen LogP) is 3.66. The largest absolute Gasteiger partial charge is 0.0838 e. The van der Waals surface area contributed by atoms with Gasteiger partial charge in [0.05, 0.1) is 0 Å². The predicted molar refractivity (Wildman–Crippen MR) is 44.5 cm³/mol. The first-order chi connectivity index (χ1) is 4.39. The van der Waals surface area contributed by atoms with E-state index in [1.54, 1.807) is 4.83 Å². The highest BCUT2D eigenvalue weighted by molar-refractivity contribution is 9.11. The maximum Gasteiger partial charge on any atom is 0.0410 e. The van der Waals surface area contributed by atoms with Crippen LogP contribution in [0.4, 0.5) is 0 Å². The SMILES string of the molecule is Br[C]1CCCCCCC1. The van der Waals surface area contributed by atoms with Crippen molar-refractivity contribution in [3.8, 4) is 0 Å². The van der Waals surface area contributed by atoms with E-state index in [1.165, 1.54) is 44.9 Å². The lowest BCUT2D eigenvalue weighted by molar-refractivity contribution is 0.558. The fraction of sp³-hybridized carbons (Fsp3) is 0.875. The highest BCUT2D eigenvalue weighted by Gasteiger charge is 2.06. The summed E-state index contributed by atoms with van der Waals surface area (Å²) in [4.78, 5) is 1.54. The molecular weight excluding hydrogens is 176 g/mol. The zero-order valence-electron chi connectivity index (χ0n) is 5.83. The van der Waals surface area contributed by atoms with Crippen LogP contribution in [0.3, 0.4) is 0 Å². The number of rotatable bonds is 0. The first-order valence-corrected chi connectivity index (χ1v) is 4.69. The normalized spacial score (nSPS) is 25.0. The number of halogens is 1. The second-order valence-electron chi connectivity index (χ2n) is 2.79. The van der Waals surface area contributed by atoms with E-state index in [4.69, 9.17) is 0 Å². The zero-order valence-corrected chi connectivity index (χ0v) is 7.41. The summed E-state index contributed by atoms with van der Waals surface area (Å²) < 4.78 is 0. The Balaban J connectivity index is 2.12. The van der Waals surface area contributed by atoms with Crippen LogP contribution in [0, 0.1) is 4.83 Å². The molecule has 1 saturated carbocycles. The van der Waals surface area contributed by atoms with Gasteiger partial charge in [0.25, 0.3) is 0 Å². The smallest absolute Gasteiger partial charge is 0.0410 e. The fourth-order valence-electron chi connectivity index (χ4n) is 1.29. The Hall–Kier alpha value is 0.480. The van der Waals surface area contributed by atoms with Gasteiger partial charge >= 0.3 is 0 Å². The molecule has 0 amide bonds. The Morgan fingerprint density at radius 2 is 1.22 bits per heavy atom. The van der Waals surface area contributed by atoms with Gasteiger partial charge in [0.1, 0.15) is 0 Å². The van der Waals surface area contributed by atoms with E-state index in [1.807, 2.05) is 0 Å². The molecule has 0 aromatic rings. The molecule has 0 bridgehead atoms. The highest BCUT2D eigenvalue weighted by atomic mass is 79.9. The fourth-order valence-corrected chi connectivity index (χ4v) is 1.85. The third kappa shape index (κ3) is 3.24. The Morgan fingerprint density at radius 1 is 0.778 bits per heavy atom. The molecule has 9 heavy (non-hydrogen) atoms. The van der Waals surface area contributed by atoms with Gasteiger partial charge in [-0.05, 0) is 12.8 Å². The molecule has 0 unspecified atom stereocenters. The van der Waals surface area contributed by atoms with E-state index in [-0.39, 0.29) is 0 Å². The minimum Gasteiger partial charge on any atom is -0.0838 e. The van der Waals surface area contributed by atoms with E-state index in [0.717, 1.165) is 0 Å². The van der Waals surface area contributed by atoms with Gasteiger partial charge in [-0.2, -0.15) is 0 Å². The van der Waals surface area contributed by atoms with Crippen LogP contribution in [-0.4, -0.2) is 0 Å². The molecular formula is C8H14Br. The summed E-state index contributed by atoms with van der Waals surface area (Å²) >= 11 is 3.59. The van der Waals surface area contributed by atoms with Crippen LogP contribution in [0.1, 0.15) is 44.9 Å². The van der Waals surface area contributed by atoms with Crippen LogP contribution in [-0.2, 0) is 0 Å². The molecule has 0 aromatic heterocycles. The first-order valence-electron chi connectivity index (χ1n) is 3.90. The third-order valence-corrected chi connectivity index (χ3v) is 2.69. The summed E-state index contributed by atoms with van der Waals surface area (Å²) in [5.74, 6) is 0. The van der Waals surface area contributed by atoms with E-state index in [9.17, 15) is 0 Å². The van der Waals surface area contributed by atoms with Gasteiger partial charge in [-0.1, -0.05) is 48.0 Å². The molecule has 1 aliphatic rings. The molecule has 0 heterocycles. The quantitative estimate of drug-likeness (QED) is 0.546. The van der Waals surface area contributed by atoms with Gasteiger partial charge in [0.2, 0.25) is 0 Å². The molecule has 1 fully saturated rings. The van der Waals surface area contributed by atoms with Crippen molar-refractivity contribution in [1.82, 2.24) is 0 Å². The van der Waals surface area contributed by atoms with Crippen molar-refractivity contribution in [2.24, 2.45) is 0 Å². The third-order valence-electron chi connectivity index (χ3n) is 1.90. The maximum absolute atomic E-state index is 3.59. The highest BCUT2D eigenvalue weighted by Crippen LogP contribution is 2.28. The Bertz CT molecular complexity index is 63.0. The van der Waals surface area contributed by atoms with Crippen LogP contribution in [0.25, 0.3) is 0 Å². The van der Waals surface area contributed by atoms with Crippen molar-refractivity contribution in [3.05, 3.63) is 4.83 Å². The first kappa shape index (κ1) is 7.59. The number of hydrogen-bond donors (Lipinski definition) is 0. The van der Waals surface area contributed by atoms with Crippen molar-refractivity contribution in [1.29, 1.82) is 0 Å². The van der Waals surface area contributed by atoms with Crippen LogP contribution in [0.5, 0.6) is 0 Å². The molecule has 0 atom stereocenters. The van der Waals surface area contributed by atoms with E-state index >= 15 is 0 Å². The molecule has 0 spiro atoms. The van der Waals surface area contributed by atoms with Crippen molar-refractivity contribution >= 4 is 15.9 Å². The van der Waals surface area contributed by atoms with Crippen LogP contribution in [0.15, 0.2) is 0 Å². The van der Waals surface area contributed by atoms with Crippen LogP contribution < -0.4 is 0 Å². The van der Waals surface area contributed by atoms with Crippen molar-refractivity contribution in [2.75, 3.05) is 0 Å². The van der Waals surface area contributed by atoms with Crippen LogP contribution in [0.2, 0.25) is 0 Å². The van der Waals surface area contributed by atoms with Gasteiger partial charge in [-0.25, -0.2) is 0 Å². The minimum atomic E-state index is 1.32. The molecule has 0 nitrogen and oxygen atoms in total. The summed E-state index contributed by atoms with van der Waals surface area (Å²) in [5.41, 5.74) is 0. The Kier molecular flexibility index (Phi) is 3.64. The van der Waals surface area contributed by atoms with E-state index in [2.05, 4.69) is 15.9 Å². The average molecular weight is 190 g/mol. The molecule has 0 N–H and O–H groups in total. The van der Waals surface area contributed by atoms with Gasteiger partial charge in [-0.15, -0.1) is 0 Å². The summed E-state index contributed by atoms with van der Waals surface area (Å²) in [5, 5.41) is 0. The molecule has 0 aromatic carbocycles. The van der Waals surface area contributed by atoms with Crippen molar-refractivity contribution in [2.45, 2.75) is 44.9 Å². The second kappa shape index (κ2) is 4.32. The summed E-state index contributed by atoms with van der Waals surface area (Å²) in [7, 11) is 0. The van der Waals surface area contributed by atoms with E-state index < -0.39 is 0 Å². The average Bonchev–Trinajstić information content (AvgIpc) is 1.79. The molecule has 1 rings (SSSR count). The van der Waals surface area contributed by atoms with Crippen molar-refractivity contribution in [3.63, 3.8) is 0 Å². The van der Waals surface area contributed by atoms with Gasteiger partial charge in [0, 0.05) is 4.83 Å². The lowest BCUT2D eigenvalue weighted by Crippen LogP contribution is -1.93. The molecule has 1 heteroatoms. The second-order valence-corrected chi connectivity index (χ2v) is 3.91. The molecule has 0 saturated heterocycles. The summed E-state index contributed by atoms with van der Waals surface area (Å²) in [6.45, 7) is 0. The molecule has 53 valence electrons. The maximum atomic E-state index is 3.59. The van der Waals surface area contributed by atoms with Crippen LogP contribution >= 0.6 is 15.9 Å². The van der Waals surface area contributed by atoms with Gasteiger partial charge in [0.15, 0.2) is 0 Å². The van der Waals surface area contributed by atoms with Gasteiger partial charge in [-0.3, -0.25) is 0 Å². The van der Waals surface area contributed by atoms with Gasteiger partial charge < -0.3 is 0 Å². The van der Waals surface area contributed by atoms with Crippen molar-refractivity contribution < 1.29 is 0 Å². The summed E-state index contributed by atoms with van der Waals surface area (Å²) in [6.07, 6.45) is 9.78. The Morgan fingerprint density at radius 3 is 1.78 bits per heavy atom. The monoisotopic (exact) mass is 189 g/mol. The van der Waals surface area contributed by atoms with E-state index in [0.29, 0.717) is 0 Å². The number of hydrogen-bond acceptors (Lipinski definition) is 0. The molecule has 0 aliphatic heterocycles. The summed E-state index contributed by atoms with van der Waals surface area (Å²) in [6, 6.07) is 0. The lowest BCUT2D eigenvalue weighted by Gasteiger charge is -2.11. The lowest BCUT2D eigenvalue weighted by atomic mass is 10.0. The zero-order chi connectivity index (χ0) is 6.53. The topological polar surface area (TPSA) is 0 Å². The standard InChI is InChI=1S/C8H14Br/c9-8-6-4-2-1-3-5-7-8/h1-7H2.